The van der Waals surface area contributed by atoms with Crippen molar-refractivity contribution in [1.29, 1.82) is 0 Å². The van der Waals surface area contributed by atoms with Gasteiger partial charge in [-0.3, -0.25) is 0 Å². The largest absolute Gasteiger partial charge is 0.354 e. The van der Waals surface area contributed by atoms with Gasteiger partial charge in [0, 0.05) is 35.9 Å². The van der Waals surface area contributed by atoms with Crippen LogP contribution in [0.4, 0.5) is 5.82 Å². The van der Waals surface area contributed by atoms with Gasteiger partial charge in [-0.2, -0.15) is 0 Å². The van der Waals surface area contributed by atoms with Crippen molar-refractivity contribution in [3.05, 3.63) is 22.3 Å². The molecule has 0 aliphatic carbocycles. The predicted molar refractivity (Wildman–Crippen MR) is 70.7 cm³/mol. The van der Waals surface area contributed by atoms with Gasteiger partial charge in [0.15, 0.2) is 9.84 Å². The SMILES string of the molecule is NCc1cc(Br)cnc1N1CCS(=O)(=O)CC1. The molecule has 2 rings (SSSR count). The molecule has 94 valence electrons. The molecule has 1 aliphatic heterocycles. The van der Waals surface area contributed by atoms with Crippen molar-refractivity contribution >= 4 is 31.6 Å². The van der Waals surface area contributed by atoms with Gasteiger partial charge in [-0.15, -0.1) is 0 Å². The van der Waals surface area contributed by atoms with E-state index in [1.54, 1.807) is 6.20 Å². The molecule has 0 aromatic carbocycles. The van der Waals surface area contributed by atoms with Crippen molar-refractivity contribution in [3.8, 4) is 0 Å². The normalized spacial score (nSPS) is 19.3. The van der Waals surface area contributed by atoms with E-state index in [-0.39, 0.29) is 11.5 Å². The molecule has 0 atom stereocenters. The summed E-state index contributed by atoms with van der Waals surface area (Å²) in [5.41, 5.74) is 6.60. The van der Waals surface area contributed by atoms with Crippen LogP contribution in [0.15, 0.2) is 16.7 Å². The molecule has 0 radical (unpaired) electrons. The summed E-state index contributed by atoms with van der Waals surface area (Å²) in [6, 6.07) is 1.92. The van der Waals surface area contributed by atoms with E-state index in [1.807, 2.05) is 11.0 Å². The van der Waals surface area contributed by atoms with Crippen LogP contribution in [0.3, 0.4) is 0 Å². The highest BCUT2D eigenvalue weighted by molar-refractivity contribution is 9.10. The lowest BCUT2D eigenvalue weighted by Gasteiger charge is -2.29. The van der Waals surface area contributed by atoms with Gasteiger partial charge in [-0.25, -0.2) is 13.4 Å². The number of anilines is 1. The Kier molecular flexibility index (Phi) is 3.70. The molecule has 5 nitrogen and oxygen atoms in total. The first-order chi connectivity index (χ1) is 8.02. The van der Waals surface area contributed by atoms with Crippen LogP contribution in [0.1, 0.15) is 5.56 Å². The molecule has 1 aliphatic rings. The molecule has 1 aromatic heterocycles. The van der Waals surface area contributed by atoms with Crippen molar-refractivity contribution in [1.82, 2.24) is 4.98 Å². The molecule has 0 bridgehead atoms. The summed E-state index contributed by atoms with van der Waals surface area (Å²) in [6.07, 6.45) is 1.71. The molecule has 0 saturated carbocycles. The first-order valence-corrected chi connectivity index (χ1v) is 7.93. The number of aromatic nitrogens is 1. The fourth-order valence-electron chi connectivity index (χ4n) is 1.83. The lowest BCUT2D eigenvalue weighted by molar-refractivity contribution is 0.586. The molecule has 2 N–H and O–H groups in total. The van der Waals surface area contributed by atoms with Gasteiger partial charge in [-0.05, 0) is 22.0 Å². The maximum Gasteiger partial charge on any atom is 0.153 e. The highest BCUT2D eigenvalue weighted by Crippen LogP contribution is 2.22. The van der Waals surface area contributed by atoms with Crippen LogP contribution in [0.5, 0.6) is 0 Å². The van der Waals surface area contributed by atoms with E-state index < -0.39 is 9.84 Å². The number of halogens is 1. The van der Waals surface area contributed by atoms with E-state index in [4.69, 9.17) is 5.73 Å². The molecule has 0 spiro atoms. The fraction of sp³-hybridized carbons (Fsp3) is 0.500. The minimum Gasteiger partial charge on any atom is -0.354 e. The highest BCUT2D eigenvalue weighted by atomic mass is 79.9. The summed E-state index contributed by atoms with van der Waals surface area (Å²) in [5.74, 6) is 1.18. The minimum atomic E-state index is -2.86. The van der Waals surface area contributed by atoms with Gasteiger partial charge in [0.2, 0.25) is 0 Å². The second-order valence-corrected chi connectivity index (χ2v) is 7.20. The van der Waals surface area contributed by atoms with Crippen molar-refractivity contribution in [2.45, 2.75) is 6.54 Å². The Morgan fingerprint density at radius 3 is 2.65 bits per heavy atom. The van der Waals surface area contributed by atoms with Gasteiger partial charge in [0.25, 0.3) is 0 Å². The summed E-state index contributed by atoms with van der Waals surface area (Å²) >= 11 is 3.35. The smallest absolute Gasteiger partial charge is 0.153 e. The monoisotopic (exact) mass is 319 g/mol. The third kappa shape index (κ3) is 2.97. The number of hydrogen-bond acceptors (Lipinski definition) is 5. The van der Waals surface area contributed by atoms with Crippen molar-refractivity contribution in [2.24, 2.45) is 5.73 Å². The van der Waals surface area contributed by atoms with E-state index in [0.717, 1.165) is 15.9 Å². The lowest BCUT2D eigenvalue weighted by Crippen LogP contribution is -2.41. The Hall–Kier alpha value is -0.660. The number of sulfone groups is 1. The maximum absolute atomic E-state index is 11.4. The average molecular weight is 320 g/mol. The van der Waals surface area contributed by atoms with Crippen molar-refractivity contribution < 1.29 is 8.42 Å². The number of nitrogens with zero attached hydrogens (tertiary/aromatic N) is 2. The van der Waals surface area contributed by atoms with Gasteiger partial charge in [0.1, 0.15) is 5.82 Å². The van der Waals surface area contributed by atoms with Crippen LogP contribution < -0.4 is 10.6 Å². The predicted octanol–water partition coefficient (Wildman–Crippen LogP) is 0.538. The van der Waals surface area contributed by atoms with Crippen LogP contribution in [0, 0.1) is 0 Å². The van der Waals surface area contributed by atoms with E-state index in [0.29, 0.717) is 19.6 Å². The standard InChI is InChI=1S/C10H14BrN3O2S/c11-9-5-8(6-12)10(13-7-9)14-1-3-17(15,16)4-2-14/h5,7H,1-4,6,12H2. The van der Waals surface area contributed by atoms with E-state index in [9.17, 15) is 8.42 Å². The van der Waals surface area contributed by atoms with Gasteiger partial charge in [-0.1, -0.05) is 0 Å². The Bertz CT molecular complexity index is 504. The first kappa shape index (κ1) is 12.8. The topological polar surface area (TPSA) is 76.3 Å². The Morgan fingerprint density at radius 1 is 1.41 bits per heavy atom. The van der Waals surface area contributed by atoms with Crippen molar-refractivity contribution in [3.63, 3.8) is 0 Å². The summed E-state index contributed by atoms with van der Waals surface area (Å²) in [7, 11) is -2.86. The molecule has 1 saturated heterocycles. The summed E-state index contributed by atoms with van der Waals surface area (Å²) in [5, 5.41) is 0. The summed E-state index contributed by atoms with van der Waals surface area (Å²) in [6.45, 7) is 1.37. The third-order valence-corrected chi connectivity index (χ3v) is 4.82. The summed E-state index contributed by atoms with van der Waals surface area (Å²) < 4.78 is 23.6. The zero-order chi connectivity index (χ0) is 12.5. The molecular formula is C10H14BrN3O2S. The Balaban J connectivity index is 2.24. The van der Waals surface area contributed by atoms with E-state index >= 15 is 0 Å². The number of nitrogens with two attached hydrogens (primary N) is 1. The second kappa shape index (κ2) is 4.91. The Labute approximate surface area is 109 Å². The van der Waals surface area contributed by atoms with Gasteiger partial charge < -0.3 is 10.6 Å². The molecule has 17 heavy (non-hydrogen) atoms. The number of rotatable bonds is 2. The molecular weight excluding hydrogens is 306 g/mol. The molecule has 1 fully saturated rings. The zero-order valence-electron chi connectivity index (χ0n) is 9.26. The van der Waals surface area contributed by atoms with E-state index in [2.05, 4.69) is 20.9 Å². The fourth-order valence-corrected chi connectivity index (χ4v) is 3.41. The minimum absolute atomic E-state index is 0.189. The maximum atomic E-state index is 11.4. The molecule has 1 aromatic rings. The van der Waals surface area contributed by atoms with Crippen LogP contribution in [-0.2, 0) is 16.4 Å². The van der Waals surface area contributed by atoms with E-state index in [1.165, 1.54) is 0 Å². The molecule has 0 unspecified atom stereocenters. The van der Waals surface area contributed by atoms with Crippen LogP contribution >= 0.6 is 15.9 Å². The number of pyridine rings is 1. The van der Waals surface area contributed by atoms with Crippen LogP contribution in [0.25, 0.3) is 0 Å². The average Bonchev–Trinajstić information content (AvgIpc) is 2.29. The Morgan fingerprint density at radius 2 is 2.06 bits per heavy atom. The van der Waals surface area contributed by atoms with Gasteiger partial charge in [0.05, 0.1) is 11.5 Å². The van der Waals surface area contributed by atoms with Gasteiger partial charge >= 0.3 is 0 Å². The summed E-state index contributed by atoms with van der Waals surface area (Å²) in [4.78, 5) is 6.31. The van der Waals surface area contributed by atoms with Crippen LogP contribution in [-0.4, -0.2) is 38.0 Å². The zero-order valence-corrected chi connectivity index (χ0v) is 11.7. The lowest BCUT2D eigenvalue weighted by atomic mass is 10.2. The second-order valence-electron chi connectivity index (χ2n) is 3.98. The molecule has 2 heterocycles. The van der Waals surface area contributed by atoms with Crippen molar-refractivity contribution in [2.75, 3.05) is 29.5 Å². The third-order valence-electron chi connectivity index (χ3n) is 2.77. The quantitative estimate of drug-likeness (QED) is 0.861. The highest BCUT2D eigenvalue weighted by Gasteiger charge is 2.23. The first-order valence-electron chi connectivity index (χ1n) is 5.32. The number of hydrogen-bond donors (Lipinski definition) is 1. The molecule has 0 amide bonds. The molecule has 7 heteroatoms. The van der Waals surface area contributed by atoms with Crippen LogP contribution in [0.2, 0.25) is 0 Å².